The van der Waals surface area contributed by atoms with E-state index in [0.29, 0.717) is 5.75 Å². The van der Waals surface area contributed by atoms with Crippen LogP contribution in [-0.4, -0.2) is 5.11 Å². The predicted molar refractivity (Wildman–Crippen MR) is 77.0 cm³/mol. The molecule has 2 N–H and O–H groups in total. The van der Waals surface area contributed by atoms with Gasteiger partial charge in [0, 0.05) is 18.2 Å². The molecule has 0 radical (unpaired) electrons. The lowest BCUT2D eigenvalue weighted by molar-refractivity contribution is 0.441. The van der Waals surface area contributed by atoms with E-state index >= 15 is 0 Å². The van der Waals surface area contributed by atoms with Gasteiger partial charge in [-0.15, -0.1) is 0 Å². The Morgan fingerprint density at radius 1 is 1.28 bits per heavy atom. The lowest BCUT2D eigenvalue weighted by Gasteiger charge is -2.18. The van der Waals surface area contributed by atoms with Crippen molar-refractivity contribution in [3.05, 3.63) is 51.7 Å². The van der Waals surface area contributed by atoms with Crippen LogP contribution in [0.1, 0.15) is 36.1 Å². The van der Waals surface area contributed by atoms with Crippen molar-refractivity contribution >= 4 is 11.3 Å². The molecular weight excluding hydrogens is 242 g/mol. The molecule has 1 atom stereocenters. The van der Waals surface area contributed by atoms with Gasteiger partial charge in [0.05, 0.1) is 0 Å². The normalized spacial score (nSPS) is 12.6. The van der Waals surface area contributed by atoms with Crippen LogP contribution in [0.4, 0.5) is 0 Å². The standard InChI is InChI=1S/C15H19NOS/c1-3-14(13-6-4-5-7-15(13)17)16-8-12-10-18-9-11(12)2/h4-7,9-10,14,16-17H,3,8H2,1-2H3. The number of nitrogens with one attached hydrogen (secondary N) is 1. The third kappa shape index (κ3) is 2.92. The molecule has 0 aliphatic rings. The Labute approximate surface area is 112 Å². The van der Waals surface area contributed by atoms with Crippen molar-refractivity contribution in [2.75, 3.05) is 0 Å². The average molecular weight is 261 g/mol. The van der Waals surface area contributed by atoms with Gasteiger partial charge in [0.2, 0.25) is 0 Å². The van der Waals surface area contributed by atoms with Crippen molar-refractivity contribution < 1.29 is 5.11 Å². The zero-order chi connectivity index (χ0) is 13.0. The number of thiophene rings is 1. The summed E-state index contributed by atoms with van der Waals surface area (Å²) in [6.45, 7) is 5.11. The Bertz CT molecular complexity index is 507. The molecule has 2 nitrogen and oxygen atoms in total. The molecule has 3 heteroatoms. The van der Waals surface area contributed by atoms with Gasteiger partial charge >= 0.3 is 0 Å². The topological polar surface area (TPSA) is 32.3 Å². The van der Waals surface area contributed by atoms with E-state index in [1.807, 2.05) is 18.2 Å². The average Bonchev–Trinajstić information content (AvgIpc) is 2.78. The van der Waals surface area contributed by atoms with Crippen molar-refractivity contribution in [1.29, 1.82) is 0 Å². The molecular formula is C15H19NOS. The quantitative estimate of drug-likeness (QED) is 0.852. The maximum absolute atomic E-state index is 9.89. The lowest BCUT2D eigenvalue weighted by atomic mass is 10.0. The fourth-order valence-electron chi connectivity index (χ4n) is 2.06. The van der Waals surface area contributed by atoms with Gasteiger partial charge in [0.1, 0.15) is 5.75 Å². The fourth-order valence-corrected chi connectivity index (χ4v) is 2.91. The van der Waals surface area contributed by atoms with Crippen LogP contribution in [0.15, 0.2) is 35.0 Å². The van der Waals surface area contributed by atoms with E-state index in [4.69, 9.17) is 0 Å². The number of aromatic hydroxyl groups is 1. The second kappa shape index (κ2) is 6.03. The van der Waals surface area contributed by atoms with Crippen molar-refractivity contribution in [3.8, 4) is 5.75 Å². The van der Waals surface area contributed by atoms with Crippen LogP contribution in [0.2, 0.25) is 0 Å². The van der Waals surface area contributed by atoms with Crippen LogP contribution in [0.3, 0.4) is 0 Å². The summed E-state index contributed by atoms with van der Waals surface area (Å²) < 4.78 is 0. The summed E-state index contributed by atoms with van der Waals surface area (Å²) in [5.74, 6) is 0.374. The summed E-state index contributed by atoms with van der Waals surface area (Å²) in [4.78, 5) is 0. The van der Waals surface area contributed by atoms with E-state index in [-0.39, 0.29) is 6.04 Å². The van der Waals surface area contributed by atoms with Crippen LogP contribution in [0.5, 0.6) is 5.75 Å². The molecule has 0 saturated carbocycles. The highest BCUT2D eigenvalue weighted by Crippen LogP contribution is 2.26. The Kier molecular flexibility index (Phi) is 4.39. The van der Waals surface area contributed by atoms with E-state index in [1.54, 1.807) is 17.4 Å². The number of phenols is 1. The molecule has 0 bridgehead atoms. The van der Waals surface area contributed by atoms with Crippen LogP contribution in [0.25, 0.3) is 0 Å². The molecule has 96 valence electrons. The van der Waals surface area contributed by atoms with Gasteiger partial charge in [-0.3, -0.25) is 0 Å². The van der Waals surface area contributed by atoms with E-state index in [1.165, 1.54) is 11.1 Å². The Morgan fingerprint density at radius 3 is 2.67 bits per heavy atom. The summed E-state index contributed by atoms with van der Waals surface area (Å²) in [7, 11) is 0. The van der Waals surface area contributed by atoms with Gasteiger partial charge in [0.25, 0.3) is 0 Å². The Hall–Kier alpha value is -1.32. The molecule has 0 amide bonds. The minimum atomic E-state index is 0.200. The Morgan fingerprint density at radius 2 is 2.06 bits per heavy atom. The number of phenolic OH excluding ortho intramolecular Hbond substituents is 1. The highest BCUT2D eigenvalue weighted by Gasteiger charge is 2.12. The van der Waals surface area contributed by atoms with Gasteiger partial charge in [-0.05, 0) is 41.3 Å². The number of rotatable bonds is 5. The lowest BCUT2D eigenvalue weighted by Crippen LogP contribution is -2.20. The predicted octanol–water partition coefficient (Wildman–Crippen LogP) is 4.00. The van der Waals surface area contributed by atoms with Crippen molar-refractivity contribution in [3.63, 3.8) is 0 Å². The van der Waals surface area contributed by atoms with Crippen molar-refractivity contribution in [2.45, 2.75) is 32.9 Å². The molecule has 1 aromatic heterocycles. The van der Waals surface area contributed by atoms with E-state index < -0.39 is 0 Å². The van der Waals surface area contributed by atoms with E-state index in [9.17, 15) is 5.11 Å². The fraction of sp³-hybridized carbons (Fsp3) is 0.333. The summed E-state index contributed by atoms with van der Waals surface area (Å²) >= 11 is 1.74. The van der Waals surface area contributed by atoms with Crippen LogP contribution >= 0.6 is 11.3 Å². The summed E-state index contributed by atoms with van der Waals surface area (Å²) in [5, 5.41) is 17.7. The van der Waals surface area contributed by atoms with Crippen LogP contribution in [-0.2, 0) is 6.54 Å². The summed E-state index contributed by atoms with van der Waals surface area (Å²) in [6, 6.07) is 7.75. The van der Waals surface area contributed by atoms with E-state index in [2.05, 4.69) is 29.9 Å². The van der Waals surface area contributed by atoms with Crippen LogP contribution in [0, 0.1) is 6.92 Å². The first-order valence-corrected chi connectivity index (χ1v) is 7.19. The first kappa shape index (κ1) is 13.1. The first-order chi connectivity index (χ1) is 8.72. The molecule has 0 saturated heterocycles. The molecule has 0 spiro atoms. The number of hydrogen-bond donors (Lipinski definition) is 2. The summed E-state index contributed by atoms with van der Waals surface area (Å²) in [5.41, 5.74) is 3.65. The van der Waals surface area contributed by atoms with Gasteiger partial charge in [-0.25, -0.2) is 0 Å². The maximum atomic E-state index is 9.89. The first-order valence-electron chi connectivity index (χ1n) is 6.25. The smallest absolute Gasteiger partial charge is 0.120 e. The molecule has 2 rings (SSSR count). The van der Waals surface area contributed by atoms with Gasteiger partial charge in [-0.2, -0.15) is 11.3 Å². The zero-order valence-corrected chi connectivity index (χ0v) is 11.6. The monoisotopic (exact) mass is 261 g/mol. The maximum Gasteiger partial charge on any atom is 0.120 e. The van der Waals surface area contributed by atoms with E-state index in [0.717, 1.165) is 18.5 Å². The number of hydrogen-bond acceptors (Lipinski definition) is 3. The third-order valence-electron chi connectivity index (χ3n) is 3.22. The zero-order valence-electron chi connectivity index (χ0n) is 10.8. The molecule has 1 aromatic carbocycles. The van der Waals surface area contributed by atoms with Gasteiger partial charge in [-0.1, -0.05) is 25.1 Å². The SMILES string of the molecule is CCC(NCc1cscc1C)c1ccccc1O. The summed E-state index contributed by atoms with van der Waals surface area (Å²) in [6.07, 6.45) is 0.959. The number of aryl methyl sites for hydroxylation is 1. The number of para-hydroxylation sites is 1. The molecule has 1 heterocycles. The highest BCUT2D eigenvalue weighted by atomic mass is 32.1. The molecule has 0 aliphatic heterocycles. The van der Waals surface area contributed by atoms with Gasteiger partial charge in [0.15, 0.2) is 0 Å². The second-order valence-corrected chi connectivity index (χ2v) is 5.22. The molecule has 0 aliphatic carbocycles. The largest absolute Gasteiger partial charge is 0.508 e. The molecule has 2 aromatic rings. The minimum Gasteiger partial charge on any atom is -0.508 e. The second-order valence-electron chi connectivity index (χ2n) is 4.48. The van der Waals surface area contributed by atoms with Crippen molar-refractivity contribution in [1.82, 2.24) is 5.32 Å². The minimum absolute atomic E-state index is 0.200. The van der Waals surface area contributed by atoms with Crippen LogP contribution < -0.4 is 5.32 Å². The third-order valence-corrected chi connectivity index (χ3v) is 4.13. The molecule has 0 fully saturated rings. The molecule has 1 unspecified atom stereocenters. The number of benzene rings is 1. The van der Waals surface area contributed by atoms with Crippen molar-refractivity contribution in [2.24, 2.45) is 0 Å². The Balaban J connectivity index is 2.07. The molecule has 18 heavy (non-hydrogen) atoms. The highest BCUT2D eigenvalue weighted by molar-refractivity contribution is 7.08. The van der Waals surface area contributed by atoms with Gasteiger partial charge < -0.3 is 10.4 Å².